The molecule has 0 aromatic carbocycles. The third-order valence-corrected chi connectivity index (χ3v) is 2.92. The van der Waals surface area contributed by atoms with E-state index in [1.807, 2.05) is 6.92 Å². The zero-order valence-corrected chi connectivity index (χ0v) is 9.76. The minimum absolute atomic E-state index is 0.740. The first-order chi connectivity index (χ1) is 7.79. The minimum Gasteiger partial charge on any atom is -0.353 e. The summed E-state index contributed by atoms with van der Waals surface area (Å²) in [5.41, 5.74) is 6.71. The third-order valence-electron chi connectivity index (χ3n) is 2.92. The highest BCUT2D eigenvalue weighted by atomic mass is 15.3. The van der Waals surface area contributed by atoms with Crippen molar-refractivity contribution < 1.29 is 0 Å². The lowest BCUT2D eigenvalue weighted by molar-refractivity contribution is 0.264. The first kappa shape index (κ1) is 11.3. The number of nitrogens with zero attached hydrogens (tertiary/aromatic N) is 4. The summed E-state index contributed by atoms with van der Waals surface area (Å²) in [4.78, 5) is 4.67. The van der Waals surface area contributed by atoms with E-state index in [4.69, 9.17) is 5.73 Å². The molecule has 1 aliphatic heterocycles. The Morgan fingerprint density at radius 3 is 2.69 bits per heavy atom. The van der Waals surface area contributed by atoms with Crippen LogP contribution in [0.25, 0.3) is 0 Å². The van der Waals surface area contributed by atoms with Crippen LogP contribution in [-0.4, -0.2) is 54.4 Å². The Kier molecular flexibility index (Phi) is 3.69. The molecule has 0 atom stereocenters. The lowest BCUT2D eigenvalue weighted by Crippen LogP contribution is -2.48. The summed E-state index contributed by atoms with van der Waals surface area (Å²) in [5, 5.41) is 8.16. The topological polar surface area (TPSA) is 58.3 Å². The fourth-order valence-corrected chi connectivity index (χ4v) is 1.99. The van der Waals surface area contributed by atoms with Gasteiger partial charge >= 0.3 is 0 Å². The zero-order chi connectivity index (χ0) is 11.4. The Balaban J connectivity index is 1.94. The Labute approximate surface area is 96.2 Å². The van der Waals surface area contributed by atoms with Crippen LogP contribution in [0.4, 0.5) is 5.82 Å². The van der Waals surface area contributed by atoms with Crippen LogP contribution in [0.3, 0.4) is 0 Å². The molecule has 0 aliphatic carbocycles. The summed E-state index contributed by atoms with van der Waals surface area (Å²) in [5.74, 6) is 0.993. The van der Waals surface area contributed by atoms with E-state index < -0.39 is 0 Å². The zero-order valence-electron chi connectivity index (χ0n) is 9.76. The van der Waals surface area contributed by atoms with Gasteiger partial charge in [0.25, 0.3) is 0 Å². The molecule has 88 valence electrons. The van der Waals surface area contributed by atoms with Crippen LogP contribution in [0.1, 0.15) is 5.56 Å². The molecular formula is C11H19N5. The molecule has 0 radical (unpaired) electrons. The van der Waals surface area contributed by atoms with Gasteiger partial charge in [0.15, 0.2) is 5.82 Å². The fourth-order valence-electron chi connectivity index (χ4n) is 1.99. The van der Waals surface area contributed by atoms with Gasteiger partial charge in [-0.05, 0) is 18.6 Å². The molecular weight excluding hydrogens is 202 g/mol. The van der Waals surface area contributed by atoms with E-state index in [1.165, 1.54) is 0 Å². The highest BCUT2D eigenvalue weighted by Gasteiger charge is 2.17. The molecule has 1 saturated heterocycles. The summed E-state index contributed by atoms with van der Waals surface area (Å²) in [6.45, 7) is 7.93. The summed E-state index contributed by atoms with van der Waals surface area (Å²) >= 11 is 0. The van der Waals surface area contributed by atoms with E-state index in [0.29, 0.717) is 0 Å². The van der Waals surface area contributed by atoms with Gasteiger partial charge in [-0.15, -0.1) is 5.10 Å². The maximum Gasteiger partial charge on any atom is 0.151 e. The lowest BCUT2D eigenvalue weighted by Gasteiger charge is -2.34. The normalized spacial score (nSPS) is 17.8. The number of hydrogen-bond donors (Lipinski definition) is 1. The maximum atomic E-state index is 5.55. The van der Waals surface area contributed by atoms with E-state index in [9.17, 15) is 0 Å². The molecule has 0 saturated carbocycles. The number of hydrogen-bond acceptors (Lipinski definition) is 5. The first-order valence-electron chi connectivity index (χ1n) is 5.76. The maximum absolute atomic E-state index is 5.55. The number of aromatic nitrogens is 2. The van der Waals surface area contributed by atoms with Crippen molar-refractivity contribution in [3.8, 4) is 0 Å². The standard InChI is InChI=1S/C11H19N5/c1-10-8-11(14-13-9-10)16-6-4-15(3-2-12)5-7-16/h8-9H,2-7,12H2,1H3. The summed E-state index contributed by atoms with van der Waals surface area (Å²) < 4.78 is 0. The molecule has 1 aliphatic rings. The van der Waals surface area contributed by atoms with E-state index >= 15 is 0 Å². The van der Waals surface area contributed by atoms with Crippen molar-refractivity contribution in [3.63, 3.8) is 0 Å². The SMILES string of the molecule is Cc1cnnc(N2CCN(CCN)CC2)c1. The Hall–Kier alpha value is -1.20. The van der Waals surface area contributed by atoms with Crippen LogP contribution in [0, 0.1) is 6.92 Å². The van der Waals surface area contributed by atoms with E-state index in [2.05, 4.69) is 26.1 Å². The van der Waals surface area contributed by atoms with Gasteiger partial charge in [-0.1, -0.05) is 0 Å². The number of rotatable bonds is 3. The molecule has 0 amide bonds. The summed E-state index contributed by atoms with van der Waals surface area (Å²) in [6.07, 6.45) is 1.79. The molecule has 5 heteroatoms. The van der Waals surface area contributed by atoms with Crippen LogP contribution >= 0.6 is 0 Å². The Bertz CT molecular complexity index is 333. The van der Waals surface area contributed by atoms with Crippen molar-refractivity contribution in [3.05, 3.63) is 17.8 Å². The van der Waals surface area contributed by atoms with Gasteiger partial charge in [-0.3, -0.25) is 4.90 Å². The molecule has 2 N–H and O–H groups in total. The molecule has 1 aromatic heterocycles. The van der Waals surface area contributed by atoms with E-state index in [0.717, 1.165) is 50.6 Å². The molecule has 1 fully saturated rings. The van der Waals surface area contributed by atoms with Gasteiger partial charge in [0.1, 0.15) is 0 Å². The quantitative estimate of drug-likeness (QED) is 0.770. The monoisotopic (exact) mass is 221 g/mol. The van der Waals surface area contributed by atoms with Gasteiger partial charge in [0.2, 0.25) is 0 Å². The van der Waals surface area contributed by atoms with Gasteiger partial charge in [0, 0.05) is 39.3 Å². The molecule has 0 bridgehead atoms. The highest BCUT2D eigenvalue weighted by Crippen LogP contribution is 2.13. The summed E-state index contributed by atoms with van der Waals surface area (Å²) in [6, 6.07) is 2.09. The smallest absolute Gasteiger partial charge is 0.151 e. The van der Waals surface area contributed by atoms with Crippen molar-refractivity contribution in [2.75, 3.05) is 44.2 Å². The predicted octanol–water partition coefficient (Wildman–Crippen LogP) is -0.134. The van der Waals surface area contributed by atoms with Gasteiger partial charge in [-0.2, -0.15) is 5.10 Å². The van der Waals surface area contributed by atoms with Crippen molar-refractivity contribution in [1.29, 1.82) is 0 Å². The Morgan fingerprint density at radius 2 is 2.06 bits per heavy atom. The minimum atomic E-state index is 0.740. The van der Waals surface area contributed by atoms with Crippen LogP contribution in [0.5, 0.6) is 0 Å². The van der Waals surface area contributed by atoms with Gasteiger partial charge in [-0.25, -0.2) is 0 Å². The van der Waals surface area contributed by atoms with E-state index in [1.54, 1.807) is 6.20 Å². The number of piperazine rings is 1. The third kappa shape index (κ3) is 2.68. The van der Waals surface area contributed by atoms with Crippen LogP contribution in [-0.2, 0) is 0 Å². The van der Waals surface area contributed by atoms with Gasteiger partial charge in [0.05, 0.1) is 6.20 Å². The molecule has 0 unspecified atom stereocenters. The molecule has 16 heavy (non-hydrogen) atoms. The molecule has 1 aromatic rings. The molecule has 2 heterocycles. The van der Waals surface area contributed by atoms with Crippen molar-refractivity contribution in [1.82, 2.24) is 15.1 Å². The lowest BCUT2D eigenvalue weighted by atomic mass is 10.3. The highest BCUT2D eigenvalue weighted by molar-refractivity contribution is 5.39. The number of nitrogens with two attached hydrogens (primary N) is 1. The average Bonchev–Trinajstić information content (AvgIpc) is 2.30. The number of aryl methyl sites for hydroxylation is 1. The summed E-state index contributed by atoms with van der Waals surface area (Å²) in [7, 11) is 0. The second-order valence-corrected chi connectivity index (χ2v) is 4.21. The predicted molar refractivity (Wildman–Crippen MR) is 64.5 cm³/mol. The molecule has 0 spiro atoms. The van der Waals surface area contributed by atoms with Crippen molar-refractivity contribution >= 4 is 5.82 Å². The molecule has 2 rings (SSSR count). The van der Waals surface area contributed by atoms with Crippen LogP contribution in [0.15, 0.2) is 12.3 Å². The second kappa shape index (κ2) is 5.23. The van der Waals surface area contributed by atoms with Crippen molar-refractivity contribution in [2.24, 2.45) is 5.73 Å². The Morgan fingerprint density at radius 1 is 1.31 bits per heavy atom. The average molecular weight is 221 g/mol. The second-order valence-electron chi connectivity index (χ2n) is 4.21. The number of anilines is 1. The molecule has 5 nitrogen and oxygen atoms in total. The van der Waals surface area contributed by atoms with Crippen molar-refractivity contribution in [2.45, 2.75) is 6.92 Å². The fraction of sp³-hybridized carbons (Fsp3) is 0.636. The largest absolute Gasteiger partial charge is 0.353 e. The van der Waals surface area contributed by atoms with Gasteiger partial charge < -0.3 is 10.6 Å². The van der Waals surface area contributed by atoms with E-state index in [-0.39, 0.29) is 0 Å². The van der Waals surface area contributed by atoms with Crippen LogP contribution in [0.2, 0.25) is 0 Å². The first-order valence-corrected chi connectivity index (χ1v) is 5.76. The van der Waals surface area contributed by atoms with Crippen LogP contribution < -0.4 is 10.6 Å².